The highest BCUT2D eigenvalue weighted by Gasteiger charge is 2.08. The molecule has 0 unspecified atom stereocenters. The second kappa shape index (κ2) is 7.25. The zero-order valence-corrected chi connectivity index (χ0v) is 11.9. The van der Waals surface area contributed by atoms with Crippen LogP contribution in [0, 0.1) is 12.7 Å². The van der Waals surface area contributed by atoms with E-state index in [1.807, 2.05) is 0 Å². The number of halogens is 1. The number of carbonyl (C=O) groups is 2. The number of carbonyl (C=O) groups excluding carboxylic acids is 2. The topological polar surface area (TPSA) is 102 Å². The predicted molar refractivity (Wildman–Crippen MR) is 74.3 cm³/mol. The summed E-state index contributed by atoms with van der Waals surface area (Å²) in [4.78, 5) is 23.3. The maximum absolute atomic E-state index is 13.4. The molecule has 2 aromatic rings. The fraction of sp³-hybridized carbons (Fsp3) is 0.308. The number of aromatic nitrogens is 4. The molecule has 2 N–H and O–H groups in total. The van der Waals surface area contributed by atoms with Gasteiger partial charge in [-0.2, -0.15) is 0 Å². The van der Waals surface area contributed by atoms with Gasteiger partial charge in [0.05, 0.1) is 0 Å². The first-order valence-electron chi connectivity index (χ1n) is 6.58. The minimum atomic E-state index is -0.428. The van der Waals surface area contributed by atoms with Crippen LogP contribution in [0.2, 0.25) is 0 Å². The normalized spacial score (nSPS) is 10.3. The Morgan fingerprint density at radius 3 is 2.73 bits per heavy atom. The molecule has 9 heteroatoms. The standard InChI is InChI=1S/C13H15FN6O2/c1-9-2-3-10(6-11(9)14)13(22)16-5-4-15-12(21)7-20-8-17-18-19-20/h2-3,6,8H,4-5,7H2,1H3,(H,15,21)(H,16,22). The van der Waals surface area contributed by atoms with E-state index in [1.165, 1.54) is 23.1 Å². The van der Waals surface area contributed by atoms with Crippen LogP contribution in [0.15, 0.2) is 24.5 Å². The van der Waals surface area contributed by atoms with Crippen LogP contribution >= 0.6 is 0 Å². The average molecular weight is 306 g/mol. The van der Waals surface area contributed by atoms with Gasteiger partial charge >= 0.3 is 0 Å². The molecule has 0 spiro atoms. The van der Waals surface area contributed by atoms with E-state index in [2.05, 4.69) is 26.2 Å². The SMILES string of the molecule is Cc1ccc(C(=O)NCCNC(=O)Cn2cnnn2)cc1F. The summed E-state index contributed by atoms with van der Waals surface area (Å²) in [5.74, 6) is -1.10. The molecule has 0 radical (unpaired) electrons. The Kier molecular flexibility index (Phi) is 5.12. The first kappa shape index (κ1) is 15.5. The van der Waals surface area contributed by atoms with Crippen LogP contribution in [0.1, 0.15) is 15.9 Å². The van der Waals surface area contributed by atoms with Crippen molar-refractivity contribution in [1.29, 1.82) is 0 Å². The average Bonchev–Trinajstić information content (AvgIpc) is 2.99. The van der Waals surface area contributed by atoms with E-state index >= 15 is 0 Å². The van der Waals surface area contributed by atoms with Gasteiger partial charge in [-0.25, -0.2) is 9.07 Å². The van der Waals surface area contributed by atoms with Crippen molar-refractivity contribution in [2.24, 2.45) is 0 Å². The highest BCUT2D eigenvalue weighted by molar-refractivity contribution is 5.94. The first-order valence-corrected chi connectivity index (χ1v) is 6.58. The van der Waals surface area contributed by atoms with Crippen LogP contribution in [0.5, 0.6) is 0 Å². The van der Waals surface area contributed by atoms with Gasteiger partial charge < -0.3 is 10.6 Å². The molecule has 116 valence electrons. The van der Waals surface area contributed by atoms with Gasteiger partial charge in [-0.05, 0) is 35.0 Å². The van der Waals surface area contributed by atoms with E-state index in [0.29, 0.717) is 5.56 Å². The minimum absolute atomic E-state index is 0.00409. The second-order valence-electron chi connectivity index (χ2n) is 4.58. The molecule has 22 heavy (non-hydrogen) atoms. The summed E-state index contributed by atoms with van der Waals surface area (Å²) < 4.78 is 14.6. The van der Waals surface area contributed by atoms with Crippen LogP contribution in [0.25, 0.3) is 0 Å². The Labute approximate surface area is 125 Å². The molecular weight excluding hydrogens is 291 g/mol. The predicted octanol–water partition coefficient (Wildman–Crippen LogP) is -0.333. The smallest absolute Gasteiger partial charge is 0.251 e. The van der Waals surface area contributed by atoms with Gasteiger partial charge in [-0.1, -0.05) is 6.07 Å². The van der Waals surface area contributed by atoms with Gasteiger partial charge in [0.1, 0.15) is 18.7 Å². The fourth-order valence-electron chi connectivity index (χ4n) is 1.67. The second-order valence-corrected chi connectivity index (χ2v) is 4.58. The van der Waals surface area contributed by atoms with Crippen molar-refractivity contribution in [3.8, 4) is 0 Å². The van der Waals surface area contributed by atoms with Crippen molar-refractivity contribution in [1.82, 2.24) is 30.8 Å². The molecule has 0 bridgehead atoms. The number of hydrogen-bond donors (Lipinski definition) is 2. The van der Waals surface area contributed by atoms with Crippen molar-refractivity contribution < 1.29 is 14.0 Å². The van der Waals surface area contributed by atoms with Gasteiger partial charge in [0.15, 0.2) is 0 Å². The van der Waals surface area contributed by atoms with Crippen LogP contribution in [-0.4, -0.2) is 45.1 Å². The molecule has 2 rings (SSSR count). The number of tetrazole rings is 1. The first-order chi connectivity index (χ1) is 10.6. The van der Waals surface area contributed by atoms with Crippen LogP contribution < -0.4 is 10.6 Å². The van der Waals surface area contributed by atoms with Gasteiger partial charge in [-0.3, -0.25) is 9.59 Å². The number of rotatable bonds is 6. The lowest BCUT2D eigenvalue weighted by molar-refractivity contribution is -0.121. The lowest BCUT2D eigenvalue weighted by Gasteiger charge is -2.07. The lowest BCUT2D eigenvalue weighted by atomic mass is 10.1. The number of nitrogens with one attached hydrogen (secondary N) is 2. The molecule has 0 atom stereocenters. The molecule has 0 saturated carbocycles. The van der Waals surface area contributed by atoms with Crippen LogP contribution in [-0.2, 0) is 11.3 Å². The van der Waals surface area contributed by atoms with Crippen LogP contribution in [0.3, 0.4) is 0 Å². The summed E-state index contributed by atoms with van der Waals surface area (Å²) in [6.07, 6.45) is 1.33. The van der Waals surface area contributed by atoms with E-state index < -0.39 is 11.7 Å². The van der Waals surface area contributed by atoms with E-state index in [4.69, 9.17) is 0 Å². The number of amides is 2. The molecule has 1 aromatic heterocycles. The molecule has 1 aromatic carbocycles. The molecule has 0 fully saturated rings. The third-order valence-electron chi connectivity index (χ3n) is 2.86. The third-order valence-corrected chi connectivity index (χ3v) is 2.86. The van der Waals surface area contributed by atoms with Crippen molar-refractivity contribution >= 4 is 11.8 Å². The Hall–Kier alpha value is -2.84. The number of aryl methyl sites for hydroxylation is 1. The third kappa shape index (κ3) is 4.33. The highest BCUT2D eigenvalue weighted by Crippen LogP contribution is 2.08. The summed E-state index contributed by atoms with van der Waals surface area (Å²) in [6.45, 7) is 2.11. The molecule has 2 amide bonds. The Morgan fingerprint density at radius 2 is 2.05 bits per heavy atom. The van der Waals surface area contributed by atoms with Gasteiger partial charge in [-0.15, -0.1) is 5.10 Å². The maximum Gasteiger partial charge on any atom is 0.251 e. The minimum Gasteiger partial charge on any atom is -0.353 e. The largest absolute Gasteiger partial charge is 0.353 e. The summed E-state index contributed by atoms with van der Waals surface area (Å²) in [7, 11) is 0. The lowest BCUT2D eigenvalue weighted by Crippen LogP contribution is -2.36. The summed E-state index contributed by atoms with van der Waals surface area (Å²) in [6, 6.07) is 4.27. The van der Waals surface area contributed by atoms with Crippen molar-refractivity contribution in [3.05, 3.63) is 41.5 Å². The molecule has 8 nitrogen and oxygen atoms in total. The van der Waals surface area contributed by atoms with Gasteiger partial charge in [0.25, 0.3) is 5.91 Å². The van der Waals surface area contributed by atoms with Crippen molar-refractivity contribution in [2.45, 2.75) is 13.5 Å². The van der Waals surface area contributed by atoms with E-state index in [0.717, 1.165) is 0 Å². The van der Waals surface area contributed by atoms with Crippen molar-refractivity contribution in [3.63, 3.8) is 0 Å². The number of benzene rings is 1. The Morgan fingerprint density at radius 1 is 1.27 bits per heavy atom. The molecule has 0 aliphatic carbocycles. The molecule has 1 heterocycles. The Bertz CT molecular complexity index is 659. The highest BCUT2D eigenvalue weighted by atomic mass is 19.1. The molecule has 0 saturated heterocycles. The molecule has 0 aliphatic heterocycles. The summed E-state index contributed by atoms with van der Waals surface area (Å²) in [5.41, 5.74) is 0.717. The molecular formula is C13H15FN6O2. The van der Waals surface area contributed by atoms with E-state index in [1.54, 1.807) is 13.0 Å². The monoisotopic (exact) mass is 306 g/mol. The van der Waals surface area contributed by atoms with Gasteiger partial charge in [0, 0.05) is 18.7 Å². The van der Waals surface area contributed by atoms with Crippen molar-refractivity contribution in [2.75, 3.05) is 13.1 Å². The van der Waals surface area contributed by atoms with E-state index in [-0.39, 0.29) is 31.1 Å². The molecule has 0 aliphatic rings. The Balaban J connectivity index is 1.70. The van der Waals surface area contributed by atoms with E-state index in [9.17, 15) is 14.0 Å². The maximum atomic E-state index is 13.4. The van der Waals surface area contributed by atoms with Gasteiger partial charge in [0.2, 0.25) is 5.91 Å². The summed E-state index contributed by atoms with van der Waals surface area (Å²) >= 11 is 0. The summed E-state index contributed by atoms with van der Waals surface area (Å²) in [5, 5.41) is 15.6. The number of hydrogen-bond acceptors (Lipinski definition) is 5. The fourth-order valence-corrected chi connectivity index (χ4v) is 1.67. The zero-order valence-electron chi connectivity index (χ0n) is 11.9. The quantitative estimate of drug-likeness (QED) is 0.711. The zero-order chi connectivity index (χ0) is 15.9. The number of nitrogens with zero attached hydrogens (tertiary/aromatic N) is 4. The van der Waals surface area contributed by atoms with Crippen LogP contribution in [0.4, 0.5) is 4.39 Å².